The van der Waals surface area contributed by atoms with E-state index in [1.165, 1.54) is 12.7 Å². The van der Waals surface area contributed by atoms with Crippen LogP contribution in [0.5, 0.6) is 0 Å². The lowest BCUT2D eigenvalue weighted by molar-refractivity contribution is -0.122. The fourth-order valence-electron chi connectivity index (χ4n) is 2.25. The summed E-state index contributed by atoms with van der Waals surface area (Å²) in [5.74, 6) is 0.433. The predicted molar refractivity (Wildman–Crippen MR) is 67.6 cm³/mol. The molecule has 2 saturated heterocycles. The van der Waals surface area contributed by atoms with Gasteiger partial charge in [-0.3, -0.25) is 0 Å². The average Bonchev–Trinajstić information content (AvgIpc) is 3.15. The highest BCUT2D eigenvalue weighted by Crippen LogP contribution is 2.34. The van der Waals surface area contributed by atoms with Crippen LogP contribution in [0.3, 0.4) is 0 Å². The number of aromatic nitrogens is 4. The Bertz CT molecular complexity index is 595. The normalized spacial score (nSPS) is 31.3. The molecule has 0 saturated carbocycles. The molecule has 2 aliphatic heterocycles. The summed E-state index contributed by atoms with van der Waals surface area (Å²) in [6, 6.07) is 0. The highest BCUT2D eigenvalue weighted by molar-refractivity contribution is 5.80. The molecule has 5 N–H and O–H groups in total. The van der Waals surface area contributed by atoms with Crippen molar-refractivity contribution >= 4 is 17.0 Å². The molecule has 0 aliphatic carbocycles. The maximum Gasteiger partial charge on any atom is 0.182 e. The first kappa shape index (κ1) is 13.2. The predicted octanol–water partition coefficient (Wildman–Crippen LogP) is -1.56. The number of aromatic amines is 1. The molecule has 0 radical (unpaired) electrons. The average molecular weight is 281 g/mol. The Kier molecular flexibility index (Phi) is 3.26. The summed E-state index contributed by atoms with van der Waals surface area (Å²) in [6.45, 7) is 0.557. The third kappa shape index (κ3) is 2.00. The van der Waals surface area contributed by atoms with E-state index < -0.39 is 11.7 Å². The second-order valence-corrected chi connectivity index (χ2v) is 4.69. The van der Waals surface area contributed by atoms with Crippen LogP contribution in [0.15, 0.2) is 12.7 Å². The van der Waals surface area contributed by atoms with Gasteiger partial charge in [-0.1, -0.05) is 0 Å². The number of nitrogen functional groups attached to an aromatic ring is 1. The van der Waals surface area contributed by atoms with Crippen molar-refractivity contribution < 1.29 is 19.7 Å². The number of hydrogen-bond acceptors (Lipinski definition) is 8. The van der Waals surface area contributed by atoms with Crippen LogP contribution in [-0.4, -0.2) is 67.8 Å². The molecule has 3 atom stereocenters. The van der Waals surface area contributed by atoms with E-state index in [2.05, 4.69) is 19.9 Å². The van der Waals surface area contributed by atoms with Crippen molar-refractivity contribution in [3.8, 4) is 0 Å². The molecule has 9 heteroatoms. The van der Waals surface area contributed by atoms with E-state index in [9.17, 15) is 5.11 Å². The third-order valence-corrected chi connectivity index (χ3v) is 3.49. The van der Waals surface area contributed by atoms with Gasteiger partial charge >= 0.3 is 0 Å². The van der Waals surface area contributed by atoms with Gasteiger partial charge in [-0.2, -0.15) is 0 Å². The number of anilines is 1. The SMILES string of the molecule is Nc1ncnc2nc[nH]c12.OCC12COC(CO1)[C@@H]2O. The Morgan fingerprint density at radius 2 is 2.30 bits per heavy atom. The molecule has 2 aromatic rings. The van der Waals surface area contributed by atoms with E-state index in [0.29, 0.717) is 30.2 Å². The third-order valence-electron chi connectivity index (χ3n) is 3.49. The summed E-state index contributed by atoms with van der Waals surface area (Å²) in [5, 5.41) is 18.2. The van der Waals surface area contributed by atoms with Crippen LogP contribution < -0.4 is 5.73 Å². The number of imidazole rings is 1. The van der Waals surface area contributed by atoms with Crippen LogP contribution >= 0.6 is 0 Å². The number of nitrogens with two attached hydrogens (primary N) is 1. The molecule has 2 bridgehead atoms. The van der Waals surface area contributed by atoms with Crippen LogP contribution in [-0.2, 0) is 9.47 Å². The summed E-state index contributed by atoms with van der Waals surface area (Å²) >= 11 is 0. The first-order chi connectivity index (χ1) is 9.66. The number of hydrogen-bond donors (Lipinski definition) is 4. The number of aliphatic hydroxyl groups excluding tert-OH is 2. The quantitative estimate of drug-likeness (QED) is 0.492. The summed E-state index contributed by atoms with van der Waals surface area (Å²) in [7, 11) is 0. The van der Waals surface area contributed by atoms with Crippen molar-refractivity contribution in [2.75, 3.05) is 25.6 Å². The van der Waals surface area contributed by atoms with Crippen LogP contribution in [0.4, 0.5) is 5.82 Å². The number of rotatable bonds is 1. The highest BCUT2D eigenvalue weighted by atomic mass is 16.6. The summed E-state index contributed by atoms with van der Waals surface area (Å²) < 4.78 is 10.3. The minimum atomic E-state index is -0.801. The lowest BCUT2D eigenvalue weighted by atomic mass is 10.0. The van der Waals surface area contributed by atoms with E-state index >= 15 is 0 Å². The highest BCUT2D eigenvalue weighted by Gasteiger charge is 2.55. The van der Waals surface area contributed by atoms with Crippen molar-refractivity contribution in [3.05, 3.63) is 12.7 Å². The van der Waals surface area contributed by atoms with Crippen molar-refractivity contribution in [2.24, 2.45) is 0 Å². The first-order valence-electron chi connectivity index (χ1n) is 6.10. The van der Waals surface area contributed by atoms with Gasteiger partial charge in [0.2, 0.25) is 0 Å². The second kappa shape index (κ2) is 4.94. The zero-order valence-electron chi connectivity index (χ0n) is 10.6. The van der Waals surface area contributed by atoms with E-state index in [1.54, 1.807) is 0 Å². The molecule has 4 heterocycles. The zero-order chi connectivity index (χ0) is 14.2. The first-order valence-corrected chi connectivity index (χ1v) is 6.10. The number of aliphatic hydroxyl groups is 2. The molecule has 9 nitrogen and oxygen atoms in total. The van der Waals surface area contributed by atoms with Gasteiger partial charge < -0.3 is 30.4 Å². The molecular formula is C11H15N5O4. The molecule has 2 aromatic heterocycles. The maximum atomic E-state index is 9.37. The van der Waals surface area contributed by atoms with Crippen molar-refractivity contribution in [2.45, 2.75) is 17.8 Å². The maximum absolute atomic E-state index is 9.37. The Morgan fingerprint density at radius 3 is 2.80 bits per heavy atom. The van der Waals surface area contributed by atoms with Crippen LogP contribution in [0.1, 0.15) is 0 Å². The van der Waals surface area contributed by atoms with E-state index in [1.807, 2.05) is 0 Å². The topological polar surface area (TPSA) is 139 Å². The van der Waals surface area contributed by atoms with Gasteiger partial charge in [-0.25, -0.2) is 15.0 Å². The Hall–Kier alpha value is -1.81. The summed E-state index contributed by atoms with van der Waals surface area (Å²) in [4.78, 5) is 14.4. The number of H-pyrrole nitrogens is 1. The smallest absolute Gasteiger partial charge is 0.182 e. The van der Waals surface area contributed by atoms with Gasteiger partial charge in [0.15, 0.2) is 11.5 Å². The fourth-order valence-corrected chi connectivity index (χ4v) is 2.25. The Morgan fingerprint density at radius 1 is 1.45 bits per heavy atom. The standard InChI is InChI=1S/C6H10O4.C5H5N5/c7-2-6-3-9-4(1-10-6)5(6)8;6-4-3-5(9-1-7-3)10-2-8-4/h4-5,7-8H,1-3H2;1-2H,(H3,6,7,8,9,10)/t4?,5-,6?;/m0./s1. The Labute approximate surface area is 113 Å². The number of nitrogens with zero attached hydrogens (tertiary/aromatic N) is 3. The van der Waals surface area contributed by atoms with Gasteiger partial charge in [-0.05, 0) is 0 Å². The number of fused-ring (bicyclic) bond motifs is 3. The number of nitrogens with one attached hydrogen (secondary N) is 1. The molecule has 2 fully saturated rings. The van der Waals surface area contributed by atoms with Gasteiger partial charge in [0, 0.05) is 0 Å². The van der Waals surface area contributed by atoms with Gasteiger partial charge in [0.05, 0.1) is 26.1 Å². The number of ether oxygens (including phenoxy) is 2. The lowest BCUT2D eigenvalue weighted by Gasteiger charge is -2.23. The monoisotopic (exact) mass is 281 g/mol. The van der Waals surface area contributed by atoms with Crippen LogP contribution in [0, 0.1) is 0 Å². The Balaban J connectivity index is 0.000000121. The fraction of sp³-hybridized carbons (Fsp3) is 0.545. The van der Waals surface area contributed by atoms with Crippen LogP contribution in [0.2, 0.25) is 0 Å². The second-order valence-electron chi connectivity index (χ2n) is 4.69. The summed E-state index contributed by atoms with van der Waals surface area (Å²) in [6.07, 6.45) is 2.07. The van der Waals surface area contributed by atoms with E-state index in [-0.39, 0.29) is 12.7 Å². The van der Waals surface area contributed by atoms with Gasteiger partial charge in [-0.15, -0.1) is 0 Å². The van der Waals surface area contributed by atoms with Crippen molar-refractivity contribution in [1.29, 1.82) is 0 Å². The molecule has 0 aromatic carbocycles. The minimum Gasteiger partial charge on any atom is -0.393 e. The zero-order valence-corrected chi connectivity index (χ0v) is 10.6. The van der Waals surface area contributed by atoms with Gasteiger partial charge in [0.1, 0.15) is 29.7 Å². The molecule has 0 amide bonds. The molecule has 2 unspecified atom stereocenters. The lowest BCUT2D eigenvalue weighted by Crippen LogP contribution is -2.43. The molecule has 20 heavy (non-hydrogen) atoms. The minimum absolute atomic E-state index is 0.162. The largest absolute Gasteiger partial charge is 0.393 e. The molecule has 108 valence electrons. The van der Waals surface area contributed by atoms with Crippen LogP contribution in [0.25, 0.3) is 11.2 Å². The van der Waals surface area contributed by atoms with E-state index in [4.69, 9.17) is 20.3 Å². The van der Waals surface area contributed by atoms with Crippen molar-refractivity contribution in [1.82, 2.24) is 19.9 Å². The summed E-state index contributed by atoms with van der Waals surface area (Å²) in [5.41, 5.74) is 5.98. The molecule has 0 spiro atoms. The molecule has 2 aliphatic rings. The van der Waals surface area contributed by atoms with E-state index in [0.717, 1.165) is 0 Å². The van der Waals surface area contributed by atoms with Gasteiger partial charge in [0.25, 0.3) is 0 Å². The molecular weight excluding hydrogens is 266 g/mol. The molecule has 4 rings (SSSR count). The van der Waals surface area contributed by atoms with Crippen molar-refractivity contribution in [3.63, 3.8) is 0 Å².